The van der Waals surface area contributed by atoms with Crippen molar-refractivity contribution in [3.8, 4) is 0 Å². The molecule has 92 valence electrons. The topological polar surface area (TPSA) is 136 Å². The van der Waals surface area contributed by atoms with Crippen LogP contribution in [0.5, 0.6) is 0 Å². The lowest BCUT2D eigenvalue weighted by Crippen LogP contribution is -2.48. The summed E-state index contributed by atoms with van der Waals surface area (Å²) in [6, 6.07) is -1.87. The Morgan fingerprint density at radius 2 is 1.94 bits per heavy atom. The van der Waals surface area contributed by atoms with Crippen LogP contribution >= 0.6 is 0 Å². The van der Waals surface area contributed by atoms with Crippen LogP contribution in [0.25, 0.3) is 0 Å². The summed E-state index contributed by atoms with van der Waals surface area (Å²) in [6.45, 7) is 1.71. The number of nitrogens with one attached hydrogen (secondary N) is 1. The average Bonchev–Trinajstić information content (AvgIpc) is 2.21. The van der Waals surface area contributed by atoms with Crippen molar-refractivity contribution in [2.45, 2.75) is 38.3 Å². The van der Waals surface area contributed by atoms with E-state index in [2.05, 4.69) is 5.32 Å². The standard InChI is InChI=1S/C9H17N3O4/c1-2-5(10)8(14)12-6(9(15)16)3-4-7(11)13/h5-6H,2-4,10H2,1H3,(H2,11,13)(H,12,14)(H,15,16)/t5-,6-/m0/s1. The first-order chi connectivity index (χ1) is 7.38. The van der Waals surface area contributed by atoms with E-state index in [1.807, 2.05) is 0 Å². The summed E-state index contributed by atoms with van der Waals surface area (Å²) in [5.41, 5.74) is 10.3. The highest BCUT2D eigenvalue weighted by molar-refractivity contribution is 5.87. The quantitative estimate of drug-likeness (QED) is 0.425. The second-order valence-electron chi connectivity index (χ2n) is 3.42. The lowest BCUT2D eigenvalue weighted by molar-refractivity contribution is -0.142. The summed E-state index contributed by atoms with van der Waals surface area (Å²) in [7, 11) is 0. The fraction of sp³-hybridized carbons (Fsp3) is 0.667. The van der Waals surface area contributed by atoms with Gasteiger partial charge < -0.3 is 21.9 Å². The number of hydrogen-bond acceptors (Lipinski definition) is 4. The zero-order valence-electron chi connectivity index (χ0n) is 9.10. The number of carbonyl (C=O) groups excluding carboxylic acids is 2. The van der Waals surface area contributed by atoms with Gasteiger partial charge in [-0.05, 0) is 12.8 Å². The molecule has 16 heavy (non-hydrogen) atoms. The van der Waals surface area contributed by atoms with Crippen molar-refractivity contribution in [3.63, 3.8) is 0 Å². The molecule has 0 radical (unpaired) electrons. The van der Waals surface area contributed by atoms with Crippen molar-refractivity contribution in [2.75, 3.05) is 0 Å². The van der Waals surface area contributed by atoms with Gasteiger partial charge in [-0.3, -0.25) is 9.59 Å². The summed E-state index contributed by atoms with van der Waals surface area (Å²) in [4.78, 5) is 32.6. The van der Waals surface area contributed by atoms with Gasteiger partial charge in [-0.2, -0.15) is 0 Å². The molecule has 6 N–H and O–H groups in total. The van der Waals surface area contributed by atoms with Crippen molar-refractivity contribution in [3.05, 3.63) is 0 Å². The zero-order valence-corrected chi connectivity index (χ0v) is 9.10. The predicted octanol–water partition coefficient (Wildman–Crippen LogP) is -1.44. The van der Waals surface area contributed by atoms with Gasteiger partial charge >= 0.3 is 5.97 Å². The Hall–Kier alpha value is -1.63. The number of carboxylic acid groups (broad SMARTS) is 1. The minimum absolute atomic E-state index is 0.0349. The second kappa shape index (κ2) is 6.78. The van der Waals surface area contributed by atoms with Crippen LogP contribution in [0.2, 0.25) is 0 Å². The molecule has 0 aliphatic heterocycles. The normalized spacial score (nSPS) is 13.9. The summed E-state index contributed by atoms with van der Waals surface area (Å²) in [5, 5.41) is 11.0. The average molecular weight is 231 g/mol. The molecule has 0 saturated heterocycles. The highest BCUT2D eigenvalue weighted by Crippen LogP contribution is 1.98. The first-order valence-electron chi connectivity index (χ1n) is 4.95. The lowest BCUT2D eigenvalue weighted by atomic mass is 10.1. The van der Waals surface area contributed by atoms with Gasteiger partial charge in [-0.15, -0.1) is 0 Å². The first-order valence-corrected chi connectivity index (χ1v) is 4.95. The monoisotopic (exact) mass is 231 g/mol. The van der Waals surface area contributed by atoms with Crippen LogP contribution in [-0.4, -0.2) is 35.0 Å². The van der Waals surface area contributed by atoms with Crippen molar-refractivity contribution in [2.24, 2.45) is 11.5 Å². The molecular formula is C9H17N3O4. The Morgan fingerprint density at radius 3 is 2.31 bits per heavy atom. The van der Waals surface area contributed by atoms with E-state index < -0.39 is 29.9 Å². The van der Waals surface area contributed by atoms with Crippen LogP contribution in [0.3, 0.4) is 0 Å². The molecule has 0 saturated carbocycles. The van der Waals surface area contributed by atoms with Crippen LogP contribution in [0, 0.1) is 0 Å². The molecule has 0 unspecified atom stereocenters. The summed E-state index contributed by atoms with van der Waals surface area (Å²) in [5.74, 6) is -2.36. The maximum absolute atomic E-state index is 11.3. The number of amides is 2. The van der Waals surface area contributed by atoms with E-state index in [4.69, 9.17) is 16.6 Å². The van der Waals surface area contributed by atoms with Gasteiger partial charge in [0.2, 0.25) is 11.8 Å². The molecule has 0 bridgehead atoms. The summed E-state index contributed by atoms with van der Waals surface area (Å²) >= 11 is 0. The molecule has 0 aromatic rings. The molecule has 0 rings (SSSR count). The Labute approximate surface area is 93.2 Å². The van der Waals surface area contributed by atoms with Gasteiger partial charge in [0.05, 0.1) is 6.04 Å². The SMILES string of the molecule is CC[C@H](N)C(=O)N[C@@H](CCC(N)=O)C(=O)O. The van der Waals surface area contributed by atoms with Crippen molar-refractivity contribution < 1.29 is 19.5 Å². The van der Waals surface area contributed by atoms with E-state index in [1.165, 1.54) is 0 Å². The van der Waals surface area contributed by atoms with E-state index >= 15 is 0 Å². The van der Waals surface area contributed by atoms with Crippen LogP contribution in [0.4, 0.5) is 0 Å². The molecule has 0 aromatic heterocycles. The van der Waals surface area contributed by atoms with Crippen molar-refractivity contribution in [1.82, 2.24) is 5.32 Å². The Balaban J connectivity index is 4.28. The molecule has 2 atom stereocenters. The smallest absolute Gasteiger partial charge is 0.326 e. The van der Waals surface area contributed by atoms with Gasteiger partial charge in [0, 0.05) is 6.42 Å². The minimum Gasteiger partial charge on any atom is -0.480 e. The van der Waals surface area contributed by atoms with Crippen LogP contribution in [0.1, 0.15) is 26.2 Å². The number of nitrogens with two attached hydrogens (primary N) is 2. The third-order valence-corrected chi connectivity index (χ3v) is 2.07. The number of hydrogen-bond donors (Lipinski definition) is 4. The van der Waals surface area contributed by atoms with Crippen molar-refractivity contribution >= 4 is 17.8 Å². The number of carboxylic acids is 1. The van der Waals surface area contributed by atoms with E-state index in [0.29, 0.717) is 6.42 Å². The molecule has 0 fully saturated rings. The van der Waals surface area contributed by atoms with E-state index in [0.717, 1.165) is 0 Å². The second-order valence-corrected chi connectivity index (χ2v) is 3.42. The number of carbonyl (C=O) groups is 3. The van der Waals surface area contributed by atoms with Crippen LogP contribution in [0.15, 0.2) is 0 Å². The number of primary amides is 1. The van der Waals surface area contributed by atoms with Gasteiger partial charge in [0.15, 0.2) is 0 Å². The summed E-state index contributed by atoms with van der Waals surface area (Å²) < 4.78 is 0. The fourth-order valence-corrected chi connectivity index (χ4v) is 1.01. The first kappa shape index (κ1) is 14.4. The maximum atomic E-state index is 11.3. The molecular weight excluding hydrogens is 214 g/mol. The Morgan fingerprint density at radius 1 is 1.38 bits per heavy atom. The van der Waals surface area contributed by atoms with E-state index in [1.54, 1.807) is 6.92 Å². The molecule has 2 amide bonds. The molecule has 0 spiro atoms. The Bertz CT molecular complexity index is 280. The van der Waals surface area contributed by atoms with Crippen LogP contribution in [-0.2, 0) is 14.4 Å². The fourth-order valence-electron chi connectivity index (χ4n) is 1.01. The molecule has 0 aromatic carbocycles. The highest BCUT2D eigenvalue weighted by Gasteiger charge is 2.22. The molecule has 0 heterocycles. The van der Waals surface area contributed by atoms with E-state index in [9.17, 15) is 14.4 Å². The zero-order chi connectivity index (χ0) is 12.7. The molecule has 0 aliphatic rings. The molecule has 7 nitrogen and oxygen atoms in total. The maximum Gasteiger partial charge on any atom is 0.326 e. The number of aliphatic carboxylic acids is 1. The largest absolute Gasteiger partial charge is 0.480 e. The third-order valence-electron chi connectivity index (χ3n) is 2.07. The van der Waals surface area contributed by atoms with Crippen molar-refractivity contribution in [1.29, 1.82) is 0 Å². The molecule has 0 aliphatic carbocycles. The highest BCUT2D eigenvalue weighted by atomic mass is 16.4. The molecule has 7 heteroatoms. The Kier molecular flexibility index (Phi) is 6.09. The van der Waals surface area contributed by atoms with Gasteiger partial charge in [0.1, 0.15) is 6.04 Å². The van der Waals surface area contributed by atoms with Gasteiger partial charge in [-0.1, -0.05) is 6.92 Å². The van der Waals surface area contributed by atoms with Gasteiger partial charge in [-0.25, -0.2) is 4.79 Å². The van der Waals surface area contributed by atoms with E-state index in [-0.39, 0.29) is 12.8 Å². The third kappa shape index (κ3) is 5.30. The lowest BCUT2D eigenvalue weighted by Gasteiger charge is -2.16. The predicted molar refractivity (Wildman–Crippen MR) is 56.3 cm³/mol. The summed E-state index contributed by atoms with van der Waals surface area (Å²) in [6.07, 6.45) is 0.277. The van der Waals surface area contributed by atoms with Gasteiger partial charge in [0.25, 0.3) is 0 Å². The van der Waals surface area contributed by atoms with Crippen LogP contribution < -0.4 is 16.8 Å². The number of rotatable bonds is 7. The minimum atomic E-state index is -1.21.